The summed E-state index contributed by atoms with van der Waals surface area (Å²) in [4.78, 5) is 4.17. The van der Waals surface area contributed by atoms with Crippen LogP contribution in [0, 0.1) is 11.3 Å². The molecule has 0 spiro atoms. The zero-order valence-electron chi connectivity index (χ0n) is 10.6. The fourth-order valence-corrected chi connectivity index (χ4v) is 2.96. The third-order valence-electron chi connectivity index (χ3n) is 2.53. The van der Waals surface area contributed by atoms with Gasteiger partial charge in [0.2, 0.25) is 0 Å². The first-order valence-electron chi connectivity index (χ1n) is 5.65. The van der Waals surface area contributed by atoms with Crippen molar-refractivity contribution >= 4 is 35.0 Å². The van der Waals surface area contributed by atoms with E-state index in [0.717, 1.165) is 5.56 Å². The number of halogens is 2. The van der Waals surface area contributed by atoms with Crippen molar-refractivity contribution in [3.63, 3.8) is 0 Å². The van der Waals surface area contributed by atoms with Gasteiger partial charge in [-0.3, -0.25) is 0 Å². The van der Waals surface area contributed by atoms with Gasteiger partial charge in [-0.2, -0.15) is 5.26 Å². The van der Waals surface area contributed by atoms with E-state index in [1.807, 2.05) is 24.3 Å². The Morgan fingerprint density at radius 3 is 2.70 bits per heavy atom. The van der Waals surface area contributed by atoms with E-state index in [9.17, 15) is 0 Å². The van der Waals surface area contributed by atoms with E-state index in [1.165, 1.54) is 18.0 Å². The topological polar surface area (TPSA) is 45.9 Å². The third kappa shape index (κ3) is 3.57. The van der Waals surface area contributed by atoms with E-state index in [0.29, 0.717) is 32.1 Å². The molecular formula is C14H10Cl2N2OS. The number of nitriles is 1. The average Bonchev–Trinajstić information content (AvgIpc) is 2.46. The molecule has 2 aromatic rings. The lowest BCUT2D eigenvalue weighted by Gasteiger charge is -2.06. The smallest absolute Gasteiger partial charge is 0.137 e. The maximum atomic E-state index is 8.76. The largest absolute Gasteiger partial charge is 0.495 e. The molecule has 0 bridgehead atoms. The van der Waals surface area contributed by atoms with Crippen LogP contribution in [0.2, 0.25) is 10.0 Å². The molecule has 20 heavy (non-hydrogen) atoms. The molecule has 1 heterocycles. The molecule has 102 valence electrons. The predicted molar refractivity (Wildman–Crippen MR) is 81.5 cm³/mol. The molecule has 0 aliphatic heterocycles. The van der Waals surface area contributed by atoms with Crippen molar-refractivity contribution in [3.05, 3.63) is 51.6 Å². The zero-order valence-corrected chi connectivity index (χ0v) is 12.9. The SMILES string of the molecule is COc1ccc(CSc2ncc(C#N)cc2Cl)cc1Cl. The molecule has 0 saturated heterocycles. The Kier molecular flexibility index (Phi) is 5.13. The van der Waals surface area contributed by atoms with Crippen molar-refractivity contribution < 1.29 is 4.74 Å². The second-order valence-corrected chi connectivity index (χ2v) is 5.66. The van der Waals surface area contributed by atoms with Gasteiger partial charge < -0.3 is 4.74 Å². The second-order valence-electron chi connectivity index (χ2n) is 3.88. The maximum absolute atomic E-state index is 8.76. The van der Waals surface area contributed by atoms with Gasteiger partial charge in [0.1, 0.15) is 16.8 Å². The van der Waals surface area contributed by atoms with Gasteiger partial charge in [-0.1, -0.05) is 29.3 Å². The van der Waals surface area contributed by atoms with Crippen LogP contribution in [0.15, 0.2) is 35.5 Å². The van der Waals surface area contributed by atoms with Gasteiger partial charge in [0.05, 0.1) is 22.7 Å². The van der Waals surface area contributed by atoms with E-state index in [-0.39, 0.29) is 0 Å². The van der Waals surface area contributed by atoms with Crippen molar-refractivity contribution in [1.82, 2.24) is 4.98 Å². The summed E-state index contributed by atoms with van der Waals surface area (Å²) >= 11 is 13.6. The number of benzene rings is 1. The Bertz CT molecular complexity index is 671. The molecule has 0 unspecified atom stereocenters. The molecule has 1 aromatic heterocycles. The van der Waals surface area contributed by atoms with Gasteiger partial charge in [0.25, 0.3) is 0 Å². The van der Waals surface area contributed by atoms with Crippen LogP contribution in [0.1, 0.15) is 11.1 Å². The highest BCUT2D eigenvalue weighted by atomic mass is 35.5. The van der Waals surface area contributed by atoms with Gasteiger partial charge in [0.15, 0.2) is 0 Å². The Balaban J connectivity index is 2.09. The molecule has 0 atom stereocenters. The standard InChI is InChI=1S/C14H10Cl2N2OS/c1-19-13-3-2-9(4-11(13)15)8-20-14-12(16)5-10(6-17)7-18-14/h2-5,7H,8H2,1H3. The third-order valence-corrected chi connectivity index (χ3v) is 4.30. The number of aromatic nitrogens is 1. The summed E-state index contributed by atoms with van der Waals surface area (Å²) in [6, 6.07) is 9.23. The van der Waals surface area contributed by atoms with Crippen LogP contribution in [0.5, 0.6) is 5.75 Å². The van der Waals surface area contributed by atoms with E-state index in [1.54, 1.807) is 13.2 Å². The highest BCUT2D eigenvalue weighted by Gasteiger charge is 2.07. The molecule has 0 saturated carbocycles. The summed E-state index contributed by atoms with van der Waals surface area (Å²) in [6.45, 7) is 0. The van der Waals surface area contributed by atoms with Crippen LogP contribution in [-0.2, 0) is 5.75 Å². The van der Waals surface area contributed by atoms with Crippen LogP contribution in [-0.4, -0.2) is 12.1 Å². The minimum absolute atomic E-state index is 0.451. The van der Waals surface area contributed by atoms with E-state index in [4.69, 9.17) is 33.2 Å². The minimum atomic E-state index is 0.451. The number of rotatable bonds is 4. The fraction of sp³-hybridized carbons (Fsp3) is 0.143. The first kappa shape index (κ1) is 15.0. The summed E-state index contributed by atoms with van der Waals surface area (Å²) < 4.78 is 5.10. The van der Waals surface area contributed by atoms with Crippen molar-refractivity contribution in [1.29, 1.82) is 5.26 Å². The van der Waals surface area contributed by atoms with Gasteiger partial charge in [0, 0.05) is 11.9 Å². The Hall–Kier alpha value is -1.41. The van der Waals surface area contributed by atoms with Crippen LogP contribution in [0.4, 0.5) is 0 Å². The molecule has 0 radical (unpaired) electrons. The number of methoxy groups -OCH3 is 1. The summed E-state index contributed by atoms with van der Waals surface area (Å²) in [7, 11) is 1.58. The predicted octanol–water partition coefficient (Wildman–Crippen LogP) is 4.56. The second kappa shape index (κ2) is 6.85. The lowest BCUT2D eigenvalue weighted by Crippen LogP contribution is -1.88. The summed E-state index contributed by atoms with van der Waals surface area (Å²) in [6.07, 6.45) is 1.51. The first-order chi connectivity index (χ1) is 9.63. The zero-order chi connectivity index (χ0) is 14.5. The number of nitrogens with zero attached hydrogens (tertiary/aromatic N) is 2. The Morgan fingerprint density at radius 2 is 2.10 bits per heavy atom. The van der Waals surface area contributed by atoms with Crippen LogP contribution >= 0.6 is 35.0 Å². The van der Waals surface area contributed by atoms with E-state index < -0.39 is 0 Å². The van der Waals surface area contributed by atoms with Crippen LogP contribution < -0.4 is 4.74 Å². The molecule has 0 aliphatic carbocycles. The fourth-order valence-electron chi connectivity index (χ4n) is 1.54. The van der Waals surface area contributed by atoms with Crippen LogP contribution in [0.25, 0.3) is 0 Å². The average molecular weight is 325 g/mol. The lowest BCUT2D eigenvalue weighted by molar-refractivity contribution is 0.415. The molecule has 0 fully saturated rings. The molecule has 2 rings (SSSR count). The van der Waals surface area contributed by atoms with Crippen molar-refractivity contribution in [2.24, 2.45) is 0 Å². The molecule has 0 amide bonds. The molecule has 0 N–H and O–H groups in total. The molecule has 3 nitrogen and oxygen atoms in total. The number of pyridine rings is 1. The number of ether oxygens (including phenoxy) is 1. The normalized spacial score (nSPS) is 10.1. The van der Waals surface area contributed by atoms with Crippen molar-refractivity contribution in [3.8, 4) is 11.8 Å². The number of thioether (sulfide) groups is 1. The highest BCUT2D eigenvalue weighted by molar-refractivity contribution is 7.98. The summed E-state index contributed by atoms with van der Waals surface area (Å²) in [5.74, 6) is 1.33. The maximum Gasteiger partial charge on any atom is 0.137 e. The quantitative estimate of drug-likeness (QED) is 0.773. The van der Waals surface area contributed by atoms with Crippen LogP contribution in [0.3, 0.4) is 0 Å². The highest BCUT2D eigenvalue weighted by Crippen LogP contribution is 2.31. The first-order valence-corrected chi connectivity index (χ1v) is 7.39. The van der Waals surface area contributed by atoms with E-state index in [2.05, 4.69) is 4.98 Å². The number of hydrogen-bond donors (Lipinski definition) is 0. The van der Waals surface area contributed by atoms with Gasteiger partial charge in [-0.15, -0.1) is 11.8 Å². The lowest BCUT2D eigenvalue weighted by atomic mass is 10.2. The van der Waals surface area contributed by atoms with Crippen molar-refractivity contribution in [2.45, 2.75) is 10.8 Å². The molecule has 6 heteroatoms. The Morgan fingerprint density at radius 1 is 1.30 bits per heavy atom. The molecule has 0 aliphatic rings. The van der Waals surface area contributed by atoms with Gasteiger partial charge in [-0.05, 0) is 23.8 Å². The van der Waals surface area contributed by atoms with Gasteiger partial charge >= 0.3 is 0 Å². The Labute approximate surface area is 131 Å². The molecular weight excluding hydrogens is 315 g/mol. The van der Waals surface area contributed by atoms with Gasteiger partial charge in [-0.25, -0.2) is 4.98 Å². The number of hydrogen-bond acceptors (Lipinski definition) is 4. The minimum Gasteiger partial charge on any atom is -0.495 e. The summed E-state index contributed by atoms with van der Waals surface area (Å²) in [5, 5.41) is 10.5. The monoisotopic (exact) mass is 324 g/mol. The van der Waals surface area contributed by atoms with Crippen molar-refractivity contribution in [2.75, 3.05) is 7.11 Å². The summed E-state index contributed by atoms with van der Waals surface area (Å²) in [5.41, 5.74) is 1.50. The molecule has 1 aromatic carbocycles. The van der Waals surface area contributed by atoms with E-state index >= 15 is 0 Å².